The zero-order valence-electron chi connectivity index (χ0n) is 13.9. The molecule has 5 nitrogen and oxygen atoms in total. The van der Waals surface area contributed by atoms with Crippen LogP contribution in [0.25, 0.3) is 0 Å². The molecule has 2 aliphatic heterocycles. The molecular weight excluding hydrogens is 284 g/mol. The molecule has 2 saturated heterocycles. The van der Waals surface area contributed by atoms with Crippen molar-refractivity contribution < 1.29 is 23.8 Å². The SMILES string of the molecule is CCCCC[C@H]1[C@@H]2O[C@@H]2[C@H]2C(C)(C)OC(=O)[C@@]12C(=O)OCC. The third kappa shape index (κ3) is 1.94. The van der Waals surface area contributed by atoms with E-state index < -0.39 is 23.0 Å². The molecule has 0 bridgehead atoms. The first kappa shape index (κ1) is 15.8. The summed E-state index contributed by atoms with van der Waals surface area (Å²) in [7, 11) is 0. The van der Waals surface area contributed by atoms with Gasteiger partial charge in [-0.25, -0.2) is 0 Å². The van der Waals surface area contributed by atoms with Gasteiger partial charge in [-0.05, 0) is 27.2 Å². The highest BCUT2D eigenvalue weighted by molar-refractivity contribution is 6.03. The first-order valence-electron chi connectivity index (χ1n) is 8.47. The molecular formula is C17H26O5. The summed E-state index contributed by atoms with van der Waals surface area (Å²) in [4.78, 5) is 25.5. The number of esters is 2. The molecule has 1 aliphatic carbocycles. The summed E-state index contributed by atoms with van der Waals surface area (Å²) in [6.45, 7) is 7.95. The number of hydrogen-bond donors (Lipinski definition) is 0. The van der Waals surface area contributed by atoms with Gasteiger partial charge in [0.05, 0.1) is 24.7 Å². The van der Waals surface area contributed by atoms with Gasteiger partial charge in [-0.15, -0.1) is 0 Å². The van der Waals surface area contributed by atoms with Crippen molar-refractivity contribution >= 4 is 11.9 Å². The molecule has 3 fully saturated rings. The van der Waals surface area contributed by atoms with Crippen LogP contribution in [0.4, 0.5) is 0 Å². The monoisotopic (exact) mass is 310 g/mol. The first-order valence-corrected chi connectivity index (χ1v) is 8.47. The predicted molar refractivity (Wildman–Crippen MR) is 79.0 cm³/mol. The predicted octanol–water partition coefficient (Wildman–Crippen LogP) is 2.47. The van der Waals surface area contributed by atoms with E-state index >= 15 is 0 Å². The Balaban J connectivity index is 1.96. The molecule has 0 aromatic heterocycles. The van der Waals surface area contributed by atoms with Crippen molar-refractivity contribution in [2.75, 3.05) is 6.61 Å². The largest absolute Gasteiger partial charge is 0.465 e. The summed E-state index contributed by atoms with van der Waals surface area (Å²) in [5, 5.41) is 0. The van der Waals surface area contributed by atoms with Gasteiger partial charge in [0.25, 0.3) is 0 Å². The summed E-state index contributed by atoms with van der Waals surface area (Å²) in [6, 6.07) is 0. The second-order valence-corrected chi connectivity index (χ2v) is 7.23. The lowest BCUT2D eigenvalue weighted by molar-refractivity contribution is -0.171. The highest BCUT2D eigenvalue weighted by Gasteiger charge is 2.83. The van der Waals surface area contributed by atoms with E-state index in [4.69, 9.17) is 14.2 Å². The average Bonchev–Trinajstić information content (AvgIpc) is 3.09. The molecule has 1 saturated carbocycles. The molecule has 0 radical (unpaired) electrons. The highest BCUT2D eigenvalue weighted by atomic mass is 16.6. The summed E-state index contributed by atoms with van der Waals surface area (Å²) in [5.74, 6) is -1.16. The van der Waals surface area contributed by atoms with Crippen LogP contribution in [0.15, 0.2) is 0 Å². The molecule has 0 aromatic carbocycles. The van der Waals surface area contributed by atoms with E-state index in [9.17, 15) is 9.59 Å². The Morgan fingerprint density at radius 1 is 1.23 bits per heavy atom. The smallest absolute Gasteiger partial charge is 0.324 e. The van der Waals surface area contributed by atoms with Gasteiger partial charge in [0.2, 0.25) is 0 Å². The fraction of sp³-hybridized carbons (Fsp3) is 0.882. The maximum absolute atomic E-state index is 12.8. The number of cyclic esters (lactones) is 1. The molecule has 0 N–H and O–H groups in total. The topological polar surface area (TPSA) is 65.1 Å². The summed E-state index contributed by atoms with van der Waals surface area (Å²) >= 11 is 0. The molecule has 0 spiro atoms. The minimum absolute atomic E-state index is 0.0124. The van der Waals surface area contributed by atoms with Gasteiger partial charge in [0, 0.05) is 5.92 Å². The van der Waals surface area contributed by atoms with Gasteiger partial charge in [-0.1, -0.05) is 26.2 Å². The lowest BCUT2D eigenvalue weighted by Gasteiger charge is -2.33. The van der Waals surface area contributed by atoms with Gasteiger partial charge >= 0.3 is 11.9 Å². The van der Waals surface area contributed by atoms with Crippen LogP contribution in [0.2, 0.25) is 0 Å². The third-order valence-electron chi connectivity index (χ3n) is 5.54. The molecule has 124 valence electrons. The lowest BCUT2D eigenvalue weighted by Crippen LogP contribution is -2.49. The maximum atomic E-state index is 12.8. The van der Waals surface area contributed by atoms with Gasteiger partial charge in [-0.2, -0.15) is 0 Å². The lowest BCUT2D eigenvalue weighted by atomic mass is 9.67. The molecule has 22 heavy (non-hydrogen) atoms. The minimum Gasteiger partial charge on any atom is -0.465 e. The quantitative estimate of drug-likeness (QED) is 0.326. The first-order chi connectivity index (χ1) is 10.4. The Morgan fingerprint density at radius 2 is 1.95 bits per heavy atom. The zero-order valence-corrected chi connectivity index (χ0v) is 13.9. The molecule has 0 amide bonds. The Bertz CT molecular complexity index is 485. The Morgan fingerprint density at radius 3 is 2.59 bits per heavy atom. The van der Waals surface area contributed by atoms with Crippen molar-refractivity contribution in [3.05, 3.63) is 0 Å². The summed E-state index contributed by atoms with van der Waals surface area (Å²) in [6.07, 6.45) is 3.98. The number of epoxide rings is 1. The van der Waals surface area contributed by atoms with Crippen LogP contribution in [0.1, 0.15) is 53.4 Å². The van der Waals surface area contributed by atoms with Crippen LogP contribution >= 0.6 is 0 Å². The van der Waals surface area contributed by atoms with E-state index in [1.165, 1.54) is 0 Å². The van der Waals surface area contributed by atoms with Crippen LogP contribution in [0.3, 0.4) is 0 Å². The molecule has 2 heterocycles. The van der Waals surface area contributed by atoms with Crippen molar-refractivity contribution in [2.24, 2.45) is 17.3 Å². The fourth-order valence-electron chi connectivity index (χ4n) is 4.70. The Hall–Kier alpha value is -1.10. The van der Waals surface area contributed by atoms with Crippen LogP contribution in [-0.2, 0) is 23.8 Å². The van der Waals surface area contributed by atoms with E-state index in [1.54, 1.807) is 6.92 Å². The van der Waals surface area contributed by atoms with Crippen molar-refractivity contribution in [1.82, 2.24) is 0 Å². The molecule has 0 aromatic rings. The van der Waals surface area contributed by atoms with E-state index in [2.05, 4.69) is 6.92 Å². The Kier molecular flexibility index (Phi) is 3.75. The minimum atomic E-state index is -1.15. The molecule has 3 aliphatic rings. The number of hydrogen-bond acceptors (Lipinski definition) is 5. The van der Waals surface area contributed by atoms with Crippen LogP contribution < -0.4 is 0 Å². The second kappa shape index (κ2) is 5.22. The fourth-order valence-corrected chi connectivity index (χ4v) is 4.70. The van der Waals surface area contributed by atoms with E-state index in [1.807, 2.05) is 13.8 Å². The van der Waals surface area contributed by atoms with Gasteiger partial charge in [0.1, 0.15) is 5.60 Å². The van der Waals surface area contributed by atoms with Crippen LogP contribution in [0.5, 0.6) is 0 Å². The standard InChI is InChI=1S/C17H26O5/c1-5-7-8-9-10-11-12(21-11)13-16(3,4)22-15(19)17(10,13)14(18)20-6-2/h10-13H,5-9H2,1-4H3/t10-,11-,12-,13-,17-/m0/s1. The highest BCUT2D eigenvalue weighted by Crippen LogP contribution is 2.67. The van der Waals surface area contributed by atoms with E-state index in [-0.39, 0.29) is 30.7 Å². The number of fused-ring (bicyclic) bond motifs is 3. The zero-order chi connectivity index (χ0) is 16.1. The number of carbonyl (C=O) groups is 2. The van der Waals surface area contributed by atoms with E-state index in [0.29, 0.717) is 0 Å². The number of carbonyl (C=O) groups excluding carboxylic acids is 2. The van der Waals surface area contributed by atoms with Crippen molar-refractivity contribution in [2.45, 2.75) is 71.2 Å². The van der Waals surface area contributed by atoms with Gasteiger partial charge in [0.15, 0.2) is 5.41 Å². The summed E-state index contributed by atoms with van der Waals surface area (Å²) < 4.78 is 16.7. The van der Waals surface area contributed by atoms with E-state index in [0.717, 1.165) is 25.7 Å². The van der Waals surface area contributed by atoms with Crippen molar-refractivity contribution in [1.29, 1.82) is 0 Å². The molecule has 0 unspecified atom stereocenters. The van der Waals surface area contributed by atoms with Gasteiger partial charge < -0.3 is 14.2 Å². The number of rotatable bonds is 6. The third-order valence-corrected chi connectivity index (χ3v) is 5.54. The summed E-state index contributed by atoms with van der Waals surface area (Å²) in [5.41, 5.74) is -1.83. The normalized spacial score (nSPS) is 40.8. The number of unbranched alkanes of at least 4 members (excludes halogenated alkanes) is 2. The van der Waals surface area contributed by atoms with Crippen molar-refractivity contribution in [3.8, 4) is 0 Å². The van der Waals surface area contributed by atoms with Crippen LogP contribution in [0, 0.1) is 17.3 Å². The average molecular weight is 310 g/mol. The number of ether oxygens (including phenoxy) is 3. The van der Waals surface area contributed by atoms with Gasteiger partial charge in [-0.3, -0.25) is 9.59 Å². The molecule has 5 heteroatoms. The second-order valence-electron chi connectivity index (χ2n) is 7.23. The molecule has 3 rings (SSSR count). The Labute approximate surface area is 131 Å². The maximum Gasteiger partial charge on any atom is 0.324 e. The molecule has 5 atom stereocenters. The van der Waals surface area contributed by atoms with Crippen LogP contribution in [-0.4, -0.2) is 36.4 Å². The van der Waals surface area contributed by atoms with Crippen molar-refractivity contribution in [3.63, 3.8) is 0 Å².